The van der Waals surface area contributed by atoms with E-state index in [1.54, 1.807) is 6.07 Å². The molecule has 0 aliphatic carbocycles. The minimum Gasteiger partial charge on any atom is -0.325 e. The molecular weight excluding hydrogens is 379 g/mol. The lowest BCUT2D eigenvalue weighted by Gasteiger charge is -2.38. The molecule has 1 fully saturated rings. The van der Waals surface area contributed by atoms with E-state index in [0.717, 1.165) is 16.8 Å². The number of carbonyl (C=O) groups excluding carboxylic acids is 1. The maximum absolute atomic E-state index is 13.4. The first-order chi connectivity index (χ1) is 12.3. The van der Waals surface area contributed by atoms with Gasteiger partial charge in [-0.25, -0.2) is 4.39 Å². The molecule has 0 bridgehead atoms. The number of anilines is 1. The van der Waals surface area contributed by atoms with Crippen LogP contribution in [0.1, 0.15) is 18.4 Å². The van der Waals surface area contributed by atoms with Crippen LogP contribution in [0.5, 0.6) is 0 Å². The molecule has 3 rings (SSSR count). The highest BCUT2D eigenvalue weighted by Gasteiger charge is 2.42. The van der Waals surface area contributed by atoms with Gasteiger partial charge in [-0.1, -0.05) is 6.08 Å². The Hall–Kier alpha value is -1.93. The number of thioether (sulfide) groups is 1. The molecule has 26 heavy (non-hydrogen) atoms. The molecule has 1 saturated heterocycles. The largest absolute Gasteiger partial charge is 0.325 e. The zero-order valence-corrected chi connectivity index (χ0v) is 15.5. The lowest BCUT2D eigenvalue weighted by molar-refractivity contribution is -0.120. The molecule has 2 aliphatic rings. The molecule has 1 amide bonds. The number of nitrogens with one attached hydrogen (secondary N) is 2. The second-order valence-corrected chi connectivity index (χ2v) is 8.99. The minimum atomic E-state index is -3.79. The minimum absolute atomic E-state index is 0.0461. The van der Waals surface area contributed by atoms with Crippen LogP contribution in [-0.2, 0) is 15.0 Å². The van der Waals surface area contributed by atoms with Gasteiger partial charge in [-0.3, -0.25) is 4.79 Å². The summed E-state index contributed by atoms with van der Waals surface area (Å²) >= 11 is 1.54. The third-order valence-corrected chi connectivity index (χ3v) is 7.25. The van der Waals surface area contributed by atoms with E-state index in [1.807, 2.05) is 11.5 Å². The number of benzene rings is 1. The molecular formula is C16H17FN4O3S2. The predicted molar refractivity (Wildman–Crippen MR) is 96.9 cm³/mol. The highest BCUT2D eigenvalue weighted by molar-refractivity contribution is 8.03. The van der Waals surface area contributed by atoms with Crippen LogP contribution in [-0.4, -0.2) is 43.0 Å². The summed E-state index contributed by atoms with van der Waals surface area (Å²) in [6.07, 6.45) is 3.02. The van der Waals surface area contributed by atoms with E-state index in [1.165, 1.54) is 30.9 Å². The van der Waals surface area contributed by atoms with E-state index in [2.05, 4.69) is 10.0 Å². The van der Waals surface area contributed by atoms with Crippen molar-refractivity contribution in [1.82, 2.24) is 9.03 Å². The molecule has 2 heterocycles. The average molecular weight is 396 g/mol. The molecule has 138 valence electrons. The zero-order chi connectivity index (χ0) is 18.9. The van der Waals surface area contributed by atoms with Crippen molar-refractivity contribution in [1.29, 1.82) is 5.26 Å². The fourth-order valence-corrected chi connectivity index (χ4v) is 5.38. The molecule has 0 radical (unpaired) electrons. The first kappa shape index (κ1) is 18.8. The van der Waals surface area contributed by atoms with Gasteiger partial charge >= 0.3 is 0 Å². The van der Waals surface area contributed by atoms with Crippen molar-refractivity contribution in [2.24, 2.45) is 0 Å². The number of likely N-dealkylation sites (N-methyl/N-ethyl adjacent to an activating group) is 1. The number of nitrogens with zero attached hydrogens (tertiary/aromatic N) is 2. The van der Waals surface area contributed by atoms with E-state index < -0.39 is 28.0 Å². The van der Waals surface area contributed by atoms with Gasteiger partial charge in [-0.2, -0.15) is 22.7 Å². The third kappa shape index (κ3) is 3.76. The number of allylic oxidation sites excluding steroid dienone is 1. The van der Waals surface area contributed by atoms with Crippen LogP contribution in [0.4, 0.5) is 10.1 Å². The Bertz CT molecular complexity index is 889. The maximum atomic E-state index is 13.4. The lowest BCUT2D eigenvalue weighted by atomic mass is 10.0. The molecule has 1 aromatic carbocycles. The van der Waals surface area contributed by atoms with Crippen molar-refractivity contribution < 1.29 is 17.6 Å². The Morgan fingerprint density at radius 1 is 1.50 bits per heavy atom. The Balaban J connectivity index is 1.79. The van der Waals surface area contributed by atoms with Gasteiger partial charge < -0.3 is 5.32 Å². The Kier molecular flexibility index (Phi) is 5.34. The Morgan fingerprint density at radius 3 is 2.92 bits per heavy atom. The summed E-state index contributed by atoms with van der Waals surface area (Å²) in [6.45, 7) is 0. The smallest absolute Gasteiger partial charge is 0.280 e. The Labute approximate surface area is 155 Å². The fraction of sp³-hybridized carbons (Fsp3) is 0.375. The SMILES string of the molecule is CN1[C@H](C(=O)Nc2ccc(F)c(C#N)c2)C[C@H](C2CC=CS2)NS1(=O)=O. The summed E-state index contributed by atoms with van der Waals surface area (Å²) in [5.41, 5.74) is 0.0473. The van der Waals surface area contributed by atoms with Crippen LogP contribution in [0.15, 0.2) is 29.7 Å². The lowest BCUT2D eigenvalue weighted by Crippen LogP contribution is -2.60. The fourth-order valence-electron chi connectivity index (χ4n) is 2.95. The quantitative estimate of drug-likeness (QED) is 0.807. The summed E-state index contributed by atoms with van der Waals surface area (Å²) in [4.78, 5) is 12.7. The topological polar surface area (TPSA) is 102 Å². The van der Waals surface area contributed by atoms with Gasteiger partial charge in [0, 0.05) is 24.0 Å². The van der Waals surface area contributed by atoms with Gasteiger partial charge in [0.15, 0.2) is 0 Å². The summed E-state index contributed by atoms with van der Waals surface area (Å²) in [7, 11) is -2.44. The molecule has 10 heteroatoms. The molecule has 2 aliphatic heterocycles. The second-order valence-electron chi connectivity index (χ2n) is 6.07. The number of hydrogen-bond acceptors (Lipinski definition) is 5. The Morgan fingerprint density at radius 2 is 2.27 bits per heavy atom. The number of nitriles is 1. The number of amides is 1. The number of hydrogen-bond donors (Lipinski definition) is 2. The van der Waals surface area contributed by atoms with E-state index in [9.17, 15) is 17.6 Å². The van der Waals surface area contributed by atoms with E-state index in [4.69, 9.17) is 5.26 Å². The van der Waals surface area contributed by atoms with E-state index in [-0.39, 0.29) is 22.5 Å². The van der Waals surface area contributed by atoms with Gasteiger partial charge in [0.05, 0.1) is 5.56 Å². The molecule has 7 nitrogen and oxygen atoms in total. The highest BCUT2D eigenvalue weighted by atomic mass is 32.2. The summed E-state index contributed by atoms with van der Waals surface area (Å²) in [5.74, 6) is -1.20. The van der Waals surface area contributed by atoms with Crippen molar-refractivity contribution in [3.63, 3.8) is 0 Å². The van der Waals surface area contributed by atoms with Crippen LogP contribution in [0.25, 0.3) is 0 Å². The highest BCUT2D eigenvalue weighted by Crippen LogP contribution is 2.32. The maximum Gasteiger partial charge on any atom is 0.280 e. The number of carbonyl (C=O) groups is 1. The molecule has 1 unspecified atom stereocenters. The first-order valence-corrected chi connectivity index (χ1v) is 10.3. The van der Waals surface area contributed by atoms with Crippen LogP contribution in [0.2, 0.25) is 0 Å². The second kappa shape index (κ2) is 7.36. The molecule has 0 saturated carbocycles. The standard InChI is InChI=1S/C16H17FN4O3S2/c1-21-14(8-13(20-26(21,23)24)15-3-2-6-25-15)16(22)19-11-4-5-12(17)10(7-11)9-18/h2,4-7,13-15,20H,3,8H2,1H3,(H,19,22)/t13-,14+,15?/m1/s1. The first-order valence-electron chi connectivity index (χ1n) is 7.88. The van der Waals surface area contributed by atoms with Gasteiger partial charge in [0.25, 0.3) is 10.2 Å². The van der Waals surface area contributed by atoms with Crippen LogP contribution in [0.3, 0.4) is 0 Å². The third-order valence-electron chi connectivity index (χ3n) is 4.42. The predicted octanol–water partition coefficient (Wildman–Crippen LogP) is 1.56. The van der Waals surface area contributed by atoms with Crippen molar-refractivity contribution in [3.05, 3.63) is 41.1 Å². The molecule has 1 aromatic rings. The monoisotopic (exact) mass is 396 g/mol. The molecule has 2 N–H and O–H groups in total. The van der Waals surface area contributed by atoms with Gasteiger partial charge in [0.1, 0.15) is 17.9 Å². The van der Waals surface area contributed by atoms with E-state index >= 15 is 0 Å². The average Bonchev–Trinajstić information content (AvgIpc) is 3.13. The normalized spacial score (nSPS) is 27.8. The van der Waals surface area contributed by atoms with Crippen LogP contribution < -0.4 is 10.0 Å². The van der Waals surface area contributed by atoms with Gasteiger partial charge in [-0.15, -0.1) is 11.8 Å². The molecule has 3 atom stereocenters. The summed E-state index contributed by atoms with van der Waals surface area (Å²) in [6, 6.07) is 4.07. The summed E-state index contributed by atoms with van der Waals surface area (Å²) in [5, 5.41) is 13.4. The van der Waals surface area contributed by atoms with Crippen LogP contribution >= 0.6 is 11.8 Å². The zero-order valence-electron chi connectivity index (χ0n) is 13.8. The summed E-state index contributed by atoms with van der Waals surface area (Å²) < 4.78 is 41.8. The van der Waals surface area contributed by atoms with Crippen molar-refractivity contribution in [2.45, 2.75) is 30.2 Å². The van der Waals surface area contributed by atoms with Crippen molar-refractivity contribution in [3.8, 4) is 6.07 Å². The van der Waals surface area contributed by atoms with Gasteiger partial charge in [0.2, 0.25) is 5.91 Å². The molecule has 0 aromatic heterocycles. The van der Waals surface area contributed by atoms with Crippen molar-refractivity contribution in [2.75, 3.05) is 12.4 Å². The molecule has 0 spiro atoms. The number of rotatable bonds is 3. The van der Waals surface area contributed by atoms with E-state index in [0.29, 0.717) is 6.42 Å². The van der Waals surface area contributed by atoms with Crippen molar-refractivity contribution >= 4 is 33.6 Å². The van der Waals surface area contributed by atoms with Gasteiger partial charge in [-0.05, 0) is 36.4 Å². The number of halogens is 1. The van der Waals surface area contributed by atoms with Crippen LogP contribution in [0, 0.1) is 17.1 Å².